The van der Waals surface area contributed by atoms with Crippen LogP contribution in [-0.2, 0) is 16.0 Å². The van der Waals surface area contributed by atoms with Crippen molar-refractivity contribution in [1.82, 2.24) is 0 Å². The number of carbonyl (C=O) groups is 1. The number of carboxylic acid groups (broad SMARTS) is 1. The van der Waals surface area contributed by atoms with Crippen LogP contribution >= 0.6 is 0 Å². The molecule has 1 N–H and O–H groups in total. The molecule has 0 unspecified atom stereocenters. The van der Waals surface area contributed by atoms with Crippen LogP contribution in [0.15, 0.2) is 24.3 Å². The largest absolute Gasteiger partial charge is 0.481 e. The molecule has 2 rings (SSSR count). The number of hydrogen-bond acceptors (Lipinski definition) is 2. The highest BCUT2D eigenvalue weighted by atomic mass is 16.5. The molecule has 1 fully saturated rings. The molecule has 1 heterocycles. The lowest BCUT2D eigenvalue weighted by Crippen LogP contribution is -2.24. The number of benzene rings is 1. The third-order valence-corrected chi connectivity index (χ3v) is 2.44. The van der Waals surface area contributed by atoms with Crippen LogP contribution in [0, 0.1) is 0 Å². The summed E-state index contributed by atoms with van der Waals surface area (Å²) in [5, 5.41) is 8.58. The van der Waals surface area contributed by atoms with Gasteiger partial charge in [0.25, 0.3) is 0 Å². The van der Waals surface area contributed by atoms with E-state index in [4.69, 9.17) is 9.84 Å². The average molecular weight is 192 g/mol. The molecular weight excluding hydrogens is 180 g/mol. The highest BCUT2D eigenvalue weighted by Gasteiger charge is 2.19. The van der Waals surface area contributed by atoms with Gasteiger partial charge in [-0.25, -0.2) is 0 Å². The lowest BCUT2D eigenvalue weighted by atomic mass is 9.96. The third kappa shape index (κ3) is 1.93. The quantitative estimate of drug-likeness (QED) is 0.788. The van der Waals surface area contributed by atoms with E-state index >= 15 is 0 Å². The van der Waals surface area contributed by atoms with Crippen molar-refractivity contribution < 1.29 is 14.6 Å². The fourth-order valence-electron chi connectivity index (χ4n) is 1.51. The zero-order chi connectivity index (χ0) is 9.97. The highest BCUT2D eigenvalue weighted by molar-refractivity contribution is 5.70. The minimum atomic E-state index is -0.787. The molecule has 0 aromatic heterocycles. The van der Waals surface area contributed by atoms with E-state index in [0.29, 0.717) is 5.92 Å². The van der Waals surface area contributed by atoms with Gasteiger partial charge in [0.05, 0.1) is 19.6 Å². The van der Waals surface area contributed by atoms with Crippen LogP contribution in [0.2, 0.25) is 0 Å². The van der Waals surface area contributed by atoms with Crippen molar-refractivity contribution in [1.29, 1.82) is 0 Å². The number of rotatable bonds is 3. The van der Waals surface area contributed by atoms with E-state index in [9.17, 15) is 4.79 Å². The molecule has 1 aromatic carbocycles. The zero-order valence-corrected chi connectivity index (χ0v) is 7.77. The summed E-state index contributed by atoms with van der Waals surface area (Å²) < 4.78 is 5.09. The van der Waals surface area contributed by atoms with Crippen molar-refractivity contribution in [2.45, 2.75) is 12.3 Å². The summed E-state index contributed by atoms with van der Waals surface area (Å²) in [7, 11) is 0. The van der Waals surface area contributed by atoms with Crippen LogP contribution < -0.4 is 0 Å². The van der Waals surface area contributed by atoms with Crippen LogP contribution in [-0.4, -0.2) is 24.3 Å². The first-order chi connectivity index (χ1) is 6.75. The van der Waals surface area contributed by atoms with Gasteiger partial charge in [-0.3, -0.25) is 4.79 Å². The zero-order valence-electron chi connectivity index (χ0n) is 7.77. The second kappa shape index (κ2) is 3.80. The molecule has 0 radical (unpaired) electrons. The number of hydrogen-bond donors (Lipinski definition) is 1. The van der Waals surface area contributed by atoms with Crippen molar-refractivity contribution >= 4 is 5.97 Å². The smallest absolute Gasteiger partial charge is 0.307 e. The van der Waals surface area contributed by atoms with Crippen molar-refractivity contribution in [2.75, 3.05) is 13.2 Å². The van der Waals surface area contributed by atoms with Crippen LogP contribution in [0.3, 0.4) is 0 Å². The molecule has 74 valence electrons. The van der Waals surface area contributed by atoms with E-state index in [-0.39, 0.29) is 6.42 Å². The highest BCUT2D eigenvalue weighted by Crippen LogP contribution is 2.23. The third-order valence-electron chi connectivity index (χ3n) is 2.44. The maximum atomic E-state index is 10.4. The normalized spacial score (nSPS) is 16.3. The Morgan fingerprint density at radius 3 is 2.43 bits per heavy atom. The van der Waals surface area contributed by atoms with Gasteiger partial charge < -0.3 is 9.84 Å². The predicted octanol–water partition coefficient (Wildman–Crippen LogP) is 1.43. The van der Waals surface area contributed by atoms with Crippen molar-refractivity contribution in [3.05, 3.63) is 35.4 Å². The average Bonchev–Trinajstić information content (AvgIpc) is 2.04. The molecular formula is C11H12O3. The first-order valence-electron chi connectivity index (χ1n) is 4.64. The maximum Gasteiger partial charge on any atom is 0.307 e. The Kier molecular flexibility index (Phi) is 2.50. The summed E-state index contributed by atoms with van der Waals surface area (Å²) in [5.74, 6) is -0.279. The molecule has 14 heavy (non-hydrogen) atoms. The van der Waals surface area contributed by atoms with E-state index in [1.54, 1.807) is 0 Å². The Bertz CT molecular complexity index is 325. The Labute approximate surface area is 82.3 Å². The van der Waals surface area contributed by atoms with Gasteiger partial charge in [0, 0.05) is 5.92 Å². The Morgan fingerprint density at radius 2 is 2.00 bits per heavy atom. The first kappa shape index (κ1) is 9.21. The monoisotopic (exact) mass is 192 g/mol. The fourth-order valence-corrected chi connectivity index (χ4v) is 1.51. The first-order valence-corrected chi connectivity index (χ1v) is 4.64. The molecule has 0 aliphatic carbocycles. The number of carboxylic acids is 1. The van der Waals surface area contributed by atoms with Gasteiger partial charge in [-0.15, -0.1) is 0 Å². The molecule has 1 saturated heterocycles. The topological polar surface area (TPSA) is 46.5 Å². The van der Waals surface area contributed by atoms with E-state index < -0.39 is 5.97 Å². The summed E-state index contributed by atoms with van der Waals surface area (Å²) in [5.41, 5.74) is 2.09. The van der Waals surface area contributed by atoms with Crippen LogP contribution in [0.1, 0.15) is 17.0 Å². The lowest BCUT2D eigenvalue weighted by Gasteiger charge is -2.26. The Hall–Kier alpha value is -1.35. The standard InChI is InChI=1S/C11H12O3/c12-11(13)5-8-1-3-9(4-2-8)10-6-14-7-10/h1-4,10H,5-7H2,(H,12,13). The van der Waals surface area contributed by atoms with Gasteiger partial charge in [-0.2, -0.15) is 0 Å². The maximum absolute atomic E-state index is 10.4. The molecule has 1 aliphatic heterocycles. The molecule has 0 atom stereocenters. The van der Waals surface area contributed by atoms with Gasteiger partial charge >= 0.3 is 5.97 Å². The molecule has 1 aromatic rings. The predicted molar refractivity (Wildman–Crippen MR) is 51.3 cm³/mol. The fraction of sp³-hybridized carbons (Fsp3) is 0.364. The molecule has 3 heteroatoms. The van der Waals surface area contributed by atoms with Gasteiger partial charge in [0.15, 0.2) is 0 Å². The van der Waals surface area contributed by atoms with E-state index in [2.05, 4.69) is 0 Å². The summed E-state index contributed by atoms with van der Waals surface area (Å²) in [6, 6.07) is 7.74. The molecule has 3 nitrogen and oxygen atoms in total. The van der Waals surface area contributed by atoms with E-state index in [1.807, 2.05) is 24.3 Å². The summed E-state index contributed by atoms with van der Waals surface area (Å²) >= 11 is 0. The van der Waals surface area contributed by atoms with E-state index in [1.165, 1.54) is 5.56 Å². The molecule has 0 spiro atoms. The van der Waals surface area contributed by atoms with Gasteiger partial charge in [0.2, 0.25) is 0 Å². The minimum Gasteiger partial charge on any atom is -0.481 e. The van der Waals surface area contributed by atoms with Gasteiger partial charge in [0.1, 0.15) is 0 Å². The second-order valence-electron chi connectivity index (χ2n) is 3.55. The summed E-state index contributed by atoms with van der Waals surface area (Å²) in [6.45, 7) is 1.58. The van der Waals surface area contributed by atoms with Crippen molar-refractivity contribution in [2.24, 2.45) is 0 Å². The number of ether oxygens (including phenoxy) is 1. The second-order valence-corrected chi connectivity index (χ2v) is 3.55. The van der Waals surface area contributed by atoms with Crippen LogP contribution in [0.25, 0.3) is 0 Å². The molecule has 0 saturated carbocycles. The van der Waals surface area contributed by atoms with Crippen LogP contribution in [0.4, 0.5) is 0 Å². The summed E-state index contributed by atoms with van der Waals surface area (Å²) in [4.78, 5) is 10.4. The Balaban J connectivity index is 2.05. The van der Waals surface area contributed by atoms with Gasteiger partial charge in [-0.1, -0.05) is 24.3 Å². The van der Waals surface area contributed by atoms with Crippen LogP contribution in [0.5, 0.6) is 0 Å². The SMILES string of the molecule is O=C(O)Cc1ccc(C2COC2)cc1. The Morgan fingerprint density at radius 1 is 1.36 bits per heavy atom. The van der Waals surface area contributed by atoms with Crippen molar-refractivity contribution in [3.63, 3.8) is 0 Å². The minimum absolute atomic E-state index is 0.0987. The molecule has 1 aliphatic rings. The van der Waals surface area contributed by atoms with Crippen molar-refractivity contribution in [3.8, 4) is 0 Å². The number of aliphatic carboxylic acids is 1. The lowest BCUT2D eigenvalue weighted by molar-refractivity contribution is -0.136. The molecule has 0 bridgehead atoms. The van der Waals surface area contributed by atoms with Gasteiger partial charge in [-0.05, 0) is 11.1 Å². The molecule has 0 amide bonds. The van der Waals surface area contributed by atoms with E-state index in [0.717, 1.165) is 18.8 Å². The summed E-state index contributed by atoms with van der Waals surface area (Å²) in [6.07, 6.45) is 0.0987.